The van der Waals surface area contributed by atoms with Crippen LogP contribution in [-0.2, 0) is 9.53 Å². The van der Waals surface area contributed by atoms with E-state index in [1.807, 2.05) is 35.7 Å². The monoisotopic (exact) mass is 317 g/mol. The van der Waals surface area contributed by atoms with Crippen LogP contribution in [0.15, 0.2) is 35.7 Å². The number of aromatic nitrogens is 1. The van der Waals surface area contributed by atoms with E-state index in [9.17, 15) is 4.79 Å². The molecule has 1 heterocycles. The minimum Gasteiger partial charge on any atom is -0.469 e. The number of para-hydroxylation sites is 1. The average molecular weight is 317 g/mol. The molecule has 2 aromatic rings. The number of hydrogen-bond donors (Lipinski definition) is 0. The number of carbonyl (C=O) groups excluding carboxylic acids is 1. The molecule has 3 rings (SSSR count). The van der Waals surface area contributed by atoms with Crippen molar-refractivity contribution in [1.29, 1.82) is 0 Å². The zero-order chi connectivity index (χ0) is 15.4. The van der Waals surface area contributed by atoms with Crippen molar-refractivity contribution in [3.63, 3.8) is 0 Å². The van der Waals surface area contributed by atoms with Crippen LogP contribution in [0.3, 0.4) is 0 Å². The van der Waals surface area contributed by atoms with Crippen LogP contribution in [0.1, 0.15) is 37.3 Å². The Kier molecular flexibility index (Phi) is 4.73. The number of carbonyl (C=O) groups is 1. The number of benzene rings is 1. The van der Waals surface area contributed by atoms with Crippen molar-refractivity contribution in [2.24, 2.45) is 5.92 Å². The quantitative estimate of drug-likeness (QED) is 0.785. The van der Waals surface area contributed by atoms with Gasteiger partial charge in [0.25, 0.3) is 5.19 Å². The second kappa shape index (κ2) is 6.92. The Hall–Kier alpha value is -1.88. The second-order valence-electron chi connectivity index (χ2n) is 5.47. The molecule has 1 fully saturated rings. The van der Waals surface area contributed by atoms with Gasteiger partial charge in [-0.3, -0.25) is 4.79 Å². The number of rotatable bonds is 4. The summed E-state index contributed by atoms with van der Waals surface area (Å²) in [5.41, 5.74) is 0.950. The fraction of sp³-hybridized carbons (Fsp3) is 0.412. The maximum Gasteiger partial charge on any atom is 0.309 e. The summed E-state index contributed by atoms with van der Waals surface area (Å²) in [6, 6.07) is 9.61. The maximum absolute atomic E-state index is 12.0. The number of hydrogen-bond acceptors (Lipinski definition) is 5. The third-order valence-corrected chi connectivity index (χ3v) is 4.83. The van der Waals surface area contributed by atoms with E-state index >= 15 is 0 Å². The Balaban J connectivity index is 1.75. The van der Waals surface area contributed by atoms with Gasteiger partial charge in [-0.2, -0.15) is 0 Å². The van der Waals surface area contributed by atoms with Gasteiger partial charge in [-0.25, -0.2) is 4.98 Å². The molecule has 0 bridgehead atoms. The maximum atomic E-state index is 12.0. The van der Waals surface area contributed by atoms with E-state index < -0.39 is 0 Å². The summed E-state index contributed by atoms with van der Waals surface area (Å²) in [5, 5.41) is 2.62. The Labute approximate surface area is 134 Å². The zero-order valence-electron chi connectivity index (χ0n) is 12.5. The van der Waals surface area contributed by atoms with Gasteiger partial charge >= 0.3 is 5.97 Å². The minimum absolute atomic E-state index is 0.0783. The van der Waals surface area contributed by atoms with Crippen LogP contribution in [0.5, 0.6) is 10.9 Å². The number of esters is 1. The fourth-order valence-electron chi connectivity index (χ4n) is 2.99. The molecule has 0 saturated heterocycles. The van der Waals surface area contributed by atoms with Gasteiger partial charge in [0, 0.05) is 11.3 Å². The predicted molar refractivity (Wildman–Crippen MR) is 85.3 cm³/mol. The van der Waals surface area contributed by atoms with E-state index in [1.54, 1.807) is 0 Å². The highest BCUT2D eigenvalue weighted by Gasteiger charge is 2.34. The second-order valence-corrected chi connectivity index (χ2v) is 6.29. The lowest BCUT2D eigenvalue weighted by atomic mass is 9.78. The molecule has 1 aromatic carbocycles. The Morgan fingerprint density at radius 1 is 1.23 bits per heavy atom. The molecule has 1 saturated carbocycles. The van der Waals surface area contributed by atoms with Gasteiger partial charge in [0.15, 0.2) is 0 Å². The first-order chi connectivity index (χ1) is 10.8. The zero-order valence-corrected chi connectivity index (χ0v) is 13.3. The minimum atomic E-state index is -0.122. The predicted octanol–water partition coefficient (Wildman–Crippen LogP) is 4.38. The molecule has 0 aliphatic heterocycles. The van der Waals surface area contributed by atoms with Crippen molar-refractivity contribution in [3.05, 3.63) is 41.4 Å². The molecule has 0 spiro atoms. The van der Waals surface area contributed by atoms with Gasteiger partial charge in [0.2, 0.25) is 0 Å². The van der Waals surface area contributed by atoms with Gasteiger partial charge in [-0.05, 0) is 25.0 Å². The number of ether oxygens (including phenoxy) is 2. The lowest BCUT2D eigenvalue weighted by molar-refractivity contribution is -0.147. The molecular formula is C17H19NO3S. The van der Waals surface area contributed by atoms with Gasteiger partial charge in [-0.15, -0.1) is 0 Å². The van der Waals surface area contributed by atoms with Crippen molar-refractivity contribution in [3.8, 4) is 10.9 Å². The standard InChI is InChI=1S/C17H19NO3S/c1-20-16(19)14-10-6-5-9-13(14)15-11-22-17(18-15)21-12-7-3-2-4-8-12/h2-4,7-8,11,13-14H,5-6,9-10H2,1H3/t13-,14-/m1/s1. The van der Waals surface area contributed by atoms with Crippen molar-refractivity contribution in [2.75, 3.05) is 7.11 Å². The molecule has 0 radical (unpaired) electrons. The summed E-state index contributed by atoms with van der Waals surface area (Å²) in [7, 11) is 1.46. The molecule has 1 aliphatic rings. The third-order valence-electron chi connectivity index (χ3n) is 4.10. The molecule has 1 aromatic heterocycles. The summed E-state index contributed by atoms with van der Waals surface area (Å²) in [4.78, 5) is 16.6. The van der Waals surface area contributed by atoms with Gasteiger partial charge in [-0.1, -0.05) is 42.4 Å². The van der Waals surface area contributed by atoms with E-state index in [4.69, 9.17) is 9.47 Å². The third kappa shape index (κ3) is 3.30. The van der Waals surface area contributed by atoms with Crippen LogP contribution in [-0.4, -0.2) is 18.1 Å². The number of methoxy groups -OCH3 is 1. The van der Waals surface area contributed by atoms with Gasteiger partial charge in [0.1, 0.15) is 5.75 Å². The van der Waals surface area contributed by atoms with E-state index in [0.717, 1.165) is 37.1 Å². The smallest absolute Gasteiger partial charge is 0.309 e. The normalized spacial score (nSPS) is 21.3. The van der Waals surface area contributed by atoms with Crippen LogP contribution >= 0.6 is 11.3 Å². The molecule has 0 N–H and O–H groups in total. The van der Waals surface area contributed by atoms with Gasteiger partial charge in [0.05, 0.1) is 18.7 Å². The summed E-state index contributed by atoms with van der Waals surface area (Å²) in [5.74, 6) is 0.718. The summed E-state index contributed by atoms with van der Waals surface area (Å²) in [6.07, 6.45) is 4.07. The molecule has 5 heteroatoms. The molecule has 116 valence electrons. The lowest BCUT2D eigenvalue weighted by Crippen LogP contribution is -2.27. The summed E-state index contributed by atoms with van der Waals surface area (Å²) in [6.45, 7) is 0. The first-order valence-electron chi connectivity index (χ1n) is 7.54. The first kappa shape index (κ1) is 15.0. The first-order valence-corrected chi connectivity index (χ1v) is 8.42. The van der Waals surface area contributed by atoms with E-state index in [2.05, 4.69) is 4.98 Å². The molecule has 4 nitrogen and oxygen atoms in total. The highest BCUT2D eigenvalue weighted by atomic mass is 32.1. The number of thiazole rings is 1. The number of nitrogens with zero attached hydrogens (tertiary/aromatic N) is 1. The van der Waals surface area contributed by atoms with Crippen LogP contribution in [0, 0.1) is 5.92 Å². The van der Waals surface area contributed by atoms with Crippen LogP contribution in [0.2, 0.25) is 0 Å². The van der Waals surface area contributed by atoms with Gasteiger partial charge < -0.3 is 9.47 Å². The van der Waals surface area contributed by atoms with Crippen molar-refractivity contribution in [2.45, 2.75) is 31.6 Å². The lowest BCUT2D eigenvalue weighted by Gasteiger charge is -2.28. The van der Waals surface area contributed by atoms with Crippen molar-refractivity contribution in [1.82, 2.24) is 4.98 Å². The fourth-order valence-corrected chi connectivity index (χ4v) is 3.75. The SMILES string of the molecule is COC(=O)[C@@H]1CCCC[C@H]1c1csc(Oc2ccccc2)n1. The molecular weight excluding hydrogens is 298 g/mol. The van der Waals surface area contributed by atoms with Crippen LogP contribution < -0.4 is 4.74 Å². The van der Waals surface area contributed by atoms with Crippen LogP contribution in [0.25, 0.3) is 0 Å². The summed E-state index contributed by atoms with van der Waals surface area (Å²) < 4.78 is 10.7. The highest BCUT2D eigenvalue weighted by Crippen LogP contribution is 2.40. The molecule has 0 unspecified atom stereocenters. The van der Waals surface area contributed by atoms with Crippen molar-refractivity contribution < 1.29 is 14.3 Å². The Morgan fingerprint density at radius 3 is 2.77 bits per heavy atom. The van der Waals surface area contributed by atoms with Crippen LogP contribution in [0.4, 0.5) is 0 Å². The van der Waals surface area contributed by atoms with E-state index in [0.29, 0.717) is 5.19 Å². The Bertz CT molecular complexity index is 626. The molecule has 0 amide bonds. The molecule has 2 atom stereocenters. The highest BCUT2D eigenvalue weighted by molar-refractivity contribution is 7.11. The summed E-state index contributed by atoms with van der Waals surface area (Å²) >= 11 is 1.47. The molecule has 22 heavy (non-hydrogen) atoms. The Morgan fingerprint density at radius 2 is 2.00 bits per heavy atom. The van der Waals surface area contributed by atoms with E-state index in [-0.39, 0.29) is 17.8 Å². The van der Waals surface area contributed by atoms with Crippen molar-refractivity contribution >= 4 is 17.3 Å². The van der Waals surface area contributed by atoms with E-state index in [1.165, 1.54) is 18.4 Å². The topological polar surface area (TPSA) is 48.4 Å². The largest absolute Gasteiger partial charge is 0.469 e. The molecule has 1 aliphatic carbocycles. The average Bonchev–Trinajstić information content (AvgIpc) is 3.03.